The van der Waals surface area contributed by atoms with Gasteiger partial charge in [-0.1, -0.05) is 6.07 Å². The van der Waals surface area contributed by atoms with Crippen molar-refractivity contribution in [2.45, 2.75) is 38.6 Å². The van der Waals surface area contributed by atoms with Crippen molar-refractivity contribution >= 4 is 0 Å². The second-order valence-electron chi connectivity index (χ2n) is 5.63. The van der Waals surface area contributed by atoms with Crippen molar-refractivity contribution < 1.29 is 27.8 Å². The number of nitrogens with zero attached hydrogens (tertiary/aromatic N) is 1. The topological polar surface area (TPSA) is 41.9 Å². The molecule has 1 aromatic carbocycles. The van der Waals surface area contributed by atoms with E-state index in [0.717, 1.165) is 31.5 Å². The molecule has 0 spiro atoms. The van der Waals surface area contributed by atoms with Crippen LogP contribution in [-0.2, 0) is 6.54 Å². The van der Waals surface area contributed by atoms with Gasteiger partial charge in [0.1, 0.15) is 0 Å². The van der Waals surface area contributed by atoms with Crippen LogP contribution in [0.1, 0.15) is 25.3 Å². The summed E-state index contributed by atoms with van der Waals surface area (Å²) in [5, 5.41) is 9.51. The number of hydrogen-bond donors (Lipinski definition) is 1. The lowest BCUT2D eigenvalue weighted by Crippen LogP contribution is -2.35. The van der Waals surface area contributed by atoms with E-state index in [1.54, 1.807) is 19.1 Å². The minimum atomic E-state index is -4.38. The molecule has 1 aliphatic heterocycles. The number of rotatable bonds is 6. The Morgan fingerprint density at radius 2 is 1.87 bits per heavy atom. The maximum atomic E-state index is 12.3. The van der Waals surface area contributed by atoms with Gasteiger partial charge in [0.15, 0.2) is 18.1 Å². The Morgan fingerprint density at radius 1 is 1.17 bits per heavy atom. The Balaban J connectivity index is 2.02. The third-order valence-corrected chi connectivity index (χ3v) is 3.66. The van der Waals surface area contributed by atoms with E-state index in [9.17, 15) is 18.3 Å². The molecule has 0 saturated carbocycles. The Kier molecular flexibility index (Phi) is 6.12. The van der Waals surface area contributed by atoms with Crippen molar-refractivity contribution in [3.05, 3.63) is 23.8 Å². The highest BCUT2D eigenvalue weighted by atomic mass is 19.4. The van der Waals surface area contributed by atoms with E-state index in [1.165, 1.54) is 6.07 Å². The molecule has 0 aromatic heterocycles. The largest absolute Gasteiger partial charge is 0.490 e. The second kappa shape index (κ2) is 7.88. The fourth-order valence-corrected chi connectivity index (χ4v) is 2.53. The van der Waals surface area contributed by atoms with E-state index >= 15 is 0 Å². The molecule has 7 heteroatoms. The predicted octanol–water partition coefficient (Wildman–Crippen LogP) is 2.98. The monoisotopic (exact) mass is 333 g/mol. The number of ether oxygens (including phenoxy) is 2. The van der Waals surface area contributed by atoms with Gasteiger partial charge in [0, 0.05) is 19.6 Å². The number of likely N-dealkylation sites (tertiary alicyclic amines) is 1. The number of piperidine rings is 1. The minimum Gasteiger partial charge on any atom is -0.490 e. The van der Waals surface area contributed by atoms with Crippen LogP contribution in [-0.4, -0.2) is 48.6 Å². The Bertz CT molecular complexity index is 500. The number of aliphatic hydroxyl groups excluding tert-OH is 1. The lowest BCUT2D eigenvalue weighted by atomic mass is 10.1. The maximum absolute atomic E-state index is 12.3. The molecular formula is C16H22F3NO3. The standard InChI is InChI=1S/C16H22F3NO3/c1-2-22-15-9-12(10-20-7-5-13(21)6-8-20)3-4-14(15)23-11-16(17,18)19/h3-4,9,13,21H,2,5-8,10-11H2,1H3. The molecule has 1 aromatic rings. The summed E-state index contributed by atoms with van der Waals surface area (Å²) < 4.78 is 47.1. The fraction of sp³-hybridized carbons (Fsp3) is 0.625. The number of alkyl halides is 3. The second-order valence-corrected chi connectivity index (χ2v) is 5.63. The summed E-state index contributed by atoms with van der Waals surface area (Å²) >= 11 is 0. The zero-order valence-corrected chi connectivity index (χ0v) is 13.1. The normalized spacial score (nSPS) is 17.3. The van der Waals surface area contributed by atoms with E-state index in [2.05, 4.69) is 4.90 Å². The molecule has 0 radical (unpaired) electrons. The smallest absolute Gasteiger partial charge is 0.422 e. The van der Waals surface area contributed by atoms with E-state index in [0.29, 0.717) is 18.9 Å². The Labute approximate surface area is 133 Å². The summed E-state index contributed by atoms with van der Waals surface area (Å²) in [4.78, 5) is 2.20. The molecule has 0 amide bonds. The molecule has 1 saturated heterocycles. The van der Waals surface area contributed by atoms with Gasteiger partial charge in [0.25, 0.3) is 0 Å². The molecule has 0 unspecified atom stereocenters. The van der Waals surface area contributed by atoms with Gasteiger partial charge in [-0.25, -0.2) is 0 Å². The van der Waals surface area contributed by atoms with E-state index < -0.39 is 12.8 Å². The highest BCUT2D eigenvalue weighted by Gasteiger charge is 2.29. The van der Waals surface area contributed by atoms with Crippen molar-refractivity contribution in [2.24, 2.45) is 0 Å². The molecule has 23 heavy (non-hydrogen) atoms. The van der Waals surface area contributed by atoms with Gasteiger partial charge < -0.3 is 14.6 Å². The van der Waals surface area contributed by atoms with Gasteiger partial charge in [0.05, 0.1) is 12.7 Å². The molecule has 2 rings (SSSR count). The molecule has 0 aliphatic carbocycles. The lowest BCUT2D eigenvalue weighted by Gasteiger charge is -2.29. The van der Waals surface area contributed by atoms with Crippen LogP contribution < -0.4 is 9.47 Å². The summed E-state index contributed by atoms with van der Waals surface area (Å²) in [5.74, 6) is 0.424. The Hall–Kier alpha value is -1.47. The molecule has 1 heterocycles. The van der Waals surface area contributed by atoms with Crippen LogP contribution in [0.2, 0.25) is 0 Å². The first-order chi connectivity index (χ1) is 10.9. The van der Waals surface area contributed by atoms with Gasteiger partial charge >= 0.3 is 6.18 Å². The van der Waals surface area contributed by atoms with E-state index in [4.69, 9.17) is 9.47 Å². The SMILES string of the molecule is CCOc1cc(CN2CCC(O)CC2)ccc1OCC(F)(F)F. The lowest BCUT2D eigenvalue weighted by molar-refractivity contribution is -0.153. The van der Waals surface area contributed by atoms with Crippen molar-refractivity contribution in [2.75, 3.05) is 26.3 Å². The molecule has 0 bridgehead atoms. The number of aliphatic hydroxyl groups is 1. The number of hydrogen-bond acceptors (Lipinski definition) is 4. The van der Waals surface area contributed by atoms with Crippen LogP contribution in [0.25, 0.3) is 0 Å². The van der Waals surface area contributed by atoms with Crippen LogP contribution in [0.3, 0.4) is 0 Å². The molecule has 1 aliphatic rings. The van der Waals surface area contributed by atoms with Crippen LogP contribution in [0.5, 0.6) is 11.5 Å². The third-order valence-electron chi connectivity index (χ3n) is 3.66. The van der Waals surface area contributed by atoms with Gasteiger partial charge in [0.2, 0.25) is 0 Å². The highest BCUT2D eigenvalue weighted by molar-refractivity contribution is 5.43. The Morgan fingerprint density at radius 3 is 2.48 bits per heavy atom. The first-order valence-electron chi connectivity index (χ1n) is 7.73. The van der Waals surface area contributed by atoms with Crippen LogP contribution in [0, 0.1) is 0 Å². The molecular weight excluding hydrogens is 311 g/mol. The average Bonchev–Trinajstić information content (AvgIpc) is 2.48. The average molecular weight is 333 g/mol. The van der Waals surface area contributed by atoms with E-state index in [1.807, 2.05) is 0 Å². The predicted molar refractivity (Wildman–Crippen MR) is 79.7 cm³/mol. The van der Waals surface area contributed by atoms with Crippen LogP contribution in [0.15, 0.2) is 18.2 Å². The van der Waals surface area contributed by atoms with E-state index in [-0.39, 0.29) is 11.9 Å². The first kappa shape index (κ1) is 17.9. The molecule has 0 atom stereocenters. The van der Waals surface area contributed by atoms with Gasteiger partial charge in [-0.15, -0.1) is 0 Å². The summed E-state index contributed by atoms with van der Waals surface area (Å²) in [5.41, 5.74) is 0.948. The fourth-order valence-electron chi connectivity index (χ4n) is 2.53. The van der Waals surface area contributed by atoms with Crippen molar-refractivity contribution in [3.8, 4) is 11.5 Å². The van der Waals surface area contributed by atoms with Crippen molar-refractivity contribution in [1.82, 2.24) is 4.90 Å². The van der Waals surface area contributed by atoms with Gasteiger partial charge in [-0.3, -0.25) is 4.90 Å². The highest BCUT2D eigenvalue weighted by Crippen LogP contribution is 2.31. The maximum Gasteiger partial charge on any atom is 0.422 e. The molecule has 1 fully saturated rings. The number of halogens is 3. The summed E-state index contributed by atoms with van der Waals surface area (Å²) in [6.45, 7) is 3.06. The minimum absolute atomic E-state index is 0.0991. The zero-order valence-electron chi connectivity index (χ0n) is 13.1. The quantitative estimate of drug-likeness (QED) is 0.869. The summed E-state index contributed by atoms with van der Waals surface area (Å²) in [6, 6.07) is 4.99. The van der Waals surface area contributed by atoms with Gasteiger partial charge in [-0.05, 0) is 37.5 Å². The number of benzene rings is 1. The van der Waals surface area contributed by atoms with Crippen molar-refractivity contribution in [1.29, 1.82) is 0 Å². The third kappa shape index (κ3) is 5.91. The molecule has 4 nitrogen and oxygen atoms in total. The van der Waals surface area contributed by atoms with Crippen LogP contribution in [0.4, 0.5) is 13.2 Å². The zero-order chi connectivity index (χ0) is 16.9. The van der Waals surface area contributed by atoms with Crippen LogP contribution >= 0.6 is 0 Å². The molecule has 130 valence electrons. The van der Waals surface area contributed by atoms with Crippen molar-refractivity contribution in [3.63, 3.8) is 0 Å². The first-order valence-corrected chi connectivity index (χ1v) is 7.73. The van der Waals surface area contributed by atoms with Gasteiger partial charge in [-0.2, -0.15) is 13.2 Å². The summed E-state index contributed by atoms with van der Waals surface area (Å²) in [7, 11) is 0. The summed E-state index contributed by atoms with van der Waals surface area (Å²) in [6.07, 6.45) is -3.13. The molecule has 1 N–H and O–H groups in total.